The summed E-state index contributed by atoms with van der Waals surface area (Å²) in [5.41, 5.74) is -0.911. The van der Waals surface area contributed by atoms with Crippen LogP contribution in [0.15, 0.2) is 12.3 Å². The lowest BCUT2D eigenvalue weighted by atomic mass is 10.2. The van der Waals surface area contributed by atoms with Crippen LogP contribution in [0.3, 0.4) is 0 Å². The van der Waals surface area contributed by atoms with Gasteiger partial charge in [-0.25, -0.2) is 4.98 Å². The summed E-state index contributed by atoms with van der Waals surface area (Å²) in [6.45, 7) is 1.50. The highest BCUT2D eigenvalue weighted by Gasteiger charge is 2.31. The van der Waals surface area contributed by atoms with E-state index in [9.17, 15) is 18.0 Å². The van der Waals surface area contributed by atoms with Crippen molar-refractivity contribution in [1.82, 2.24) is 15.2 Å². The van der Waals surface area contributed by atoms with Crippen molar-refractivity contribution in [3.63, 3.8) is 0 Å². The Hall–Kier alpha value is -0.960. The molecule has 2 N–H and O–H groups in total. The molecule has 5 nitrogen and oxygen atoms in total. The number of halogens is 6. The van der Waals surface area contributed by atoms with E-state index < -0.39 is 11.7 Å². The van der Waals surface area contributed by atoms with Gasteiger partial charge in [0.25, 0.3) is 0 Å². The van der Waals surface area contributed by atoms with Gasteiger partial charge in [-0.05, 0) is 13.1 Å². The maximum absolute atomic E-state index is 12.5. The van der Waals surface area contributed by atoms with E-state index in [1.165, 1.54) is 0 Å². The van der Waals surface area contributed by atoms with Crippen molar-refractivity contribution in [2.45, 2.75) is 12.6 Å². The molecule has 140 valence electrons. The molecule has 0 fully saturated rings. The quantitative estimate of drug-likeness (QED) is 0.724. The molecule has 0 bridgehead atoms. The van der Waals surface area contributed by atoms with E-state index in [0.717, 1.165) is 6.07 Å². The zero-order valence-corrected chi connectivity index (χ0v) is 15.5. The minimum atomic E-state index is -4.48. The zero-order chi connectivity index (χ0) is 16.8. The Kier molecular flexibility index (Phi) is 12.2. The second kappa shape index (κ2) is 11.6. The molecule has 0 aliphatic carbocycles. The second-order valence-corrected chi connectivity index (χ2v) is 5.06. The van der Waals surface area contributed by atoms with Crippen molar-refractivity contribution in [2.24, 2.45) is 0 Å². The van der Waals surface area contributed by atoms with Gasteiger partial charge in [-0.15, -0.1) is 24.8 Å². The standard InChI is InChI=1S/C13H18ClF3N4O.2ClH/c1-18-5-6-21(2)11(22)3-4-19-12-10(14)7-9(8-20-12)13(15,16)17;;/h7-8,18H,3-6H2,1-2H3,(H,19,20);2*1H. The van der Waals surface area contributed by atoms with Crippen LogP contribution in [0.25, 0.3) is 0 Å². The molecule has 1 rings (SSSR count). The number of carbonyl (C=O) groups is 1. The highest BCUT2D eigenvalue weighted by atomic mass is 35.5. The summed E-state index contributed by atoms with van der Waals surface area (Å²) in [6, 6.07) is 0.803. The molecular weight excluding hydrogens is 392 g/mol. The van der Waals surface area contributed by atoms with Crippen LogP contribution in [0.5, 0.6) is 0 Å². The maximum atomic E-state index is 12.5. The monoisotopic (exact) mass is 410 g/mol. The molecule has 24 heavy (non-hydrogen) atoms. The van der Waals surface area contributed by atoms with Gasteiger partial charge in [0.15, 0.2) is 0 Å². The van der Waals surface area contributed by atoms with E-state index in [1.54, 1.807) is 19.0 Å². The van der Waals surface area contributed by atoms with Gasteiger partial charge >= 0.3 is 6.18 Å². The third-order valence-corrected chi connectivity index (χ3v) is 3.21. The van der Waals surface area contributed by atoms with Crippen LogP contribution in [-0.2, 0) is 11.0 Å². The summed E-state index contributed by atoms with van der Waals surface area (Å²) in [7, 11) is 3.47. The van der Waals surface area contributed by atoms with Crippen molar-refractivity contribution >= 4 is 48.1 Å². The lowest BCUT2D eigenvalue weighted by Gasteiger charge is -2.17. The Morgan fingerprint density at radius 3 is 2.46 bits per heavy atom. The molecule has 1 aromatic rings. The molecule has 1 aromatic heterocycles. The molecule has 0 radical (unpaired) electrons. The molecule has 0 aromatic carbocycles. The van der Waals surface area contributed by atoms with Crippen molar-refractivity contribution in [3.8, 4) is 0 Å². The van der Waals surface area contributed by atoms with E-state index in [1.807, 2.05) is 0 Å². The molecule has 0 aliphatic rings. The summed E-state index contributed by atoms with van der Waals surface area (Å²) in [5.74, 6) is 0.0473. The molecule has 0 aliphatic heterocycles. The Morgan fingerprint density at radius 1 is 1.33 bits per heavy atom. The Morgan fingerprint density at radius 2 is 1.96 bits per heavy atom. The predicted molar refractivity (Wildman–Crippen MR) is 93.4 cm³/mol. The van der Waals surface area contributed by atoms with Gasteiger partial charge in [0, 0.05) is 39.3 Å². The number of nitrogens with zero attached hydrogens (tertiary/aromatic N) is 2. The van der Waals surface area contributed by atoms with Crippen LogP contribution in [0.4, 0.5) is 19.0 Å². The van der Waals surface area contributed by atoms with Crippen molar-refractivity contribution in [1.29, 1.82) is 0 Å². The maximum Gasteiger partial charge on any atom is 0.417 e. The van der Waals surface area contributed by atoms with Crippen molar-refractivity contribution < 1.29 is 18.0 Å². The van der Waals surface area contributed by atoms with Gasteiger partial charge in [0.05, 0.1) is 10.6 Å². The lowest BCUT2D eigenvalue weighted by Crippen LogP contribution is -2.33. The third kappa shape index (κ3) is 8.23. The first-order valence-corrected chi connectivity index (χ1v) is 6.98. The summed E-state index contributed by atoms with van der Waals surface area (Å²) in [5, 5.41) is 5.56. The van der Waals surface area contributed by atoms with E-state index in [-0.39, 0.29) is 54.5 Å². The van der Waals surface area contributed by atoms with Gasteiger partial charge in [-0.3, -0.25) is 4.79 Å². The number of nitrogens with one attached hydrogen (secondary N) is 2. The lowest BCUT2D eigenvalue weighted by molar-refractivity contribution is -0.137. The summed E-state index contributed by atoms with van der Waals surface area (Å²) in [6.07, 6.45) is -3.59. The molecule has 0 saturated heterocycles. The fraction of sp³-hybridized carbons (Fsp3) is 0.538. The zero-order valence-electron chi connectivity index (χ0n) is 13.1. The average Bonchev–Trinajstić information content (AvgIpc) is 2.45. The van der Waals surface area contributed by atoms with Crippen LogP contribution in [0.1, 0.15) is 12.0 Å². The molecule has 0 spiro atoms. The average molecular weight is 412 g/mol. The molecule has 1 heterocycles. The van der Waals surface area contributed by atoms with Gasteiger partial charge in [0.1, 0.15) is 5.82 Å². The predicted octanol–water partition coefficient (Wildman–Crippen LogP) is 3.08. The Bertz CT molecular complexity index is 518. The Balaban J connectivity index is 0. The molecule has 11 heteroatoms. The van der Waals surface area contributed by atoms with Crippen LogP contribution >= 0.6 is 36.4 Å². The largest absolute Gasteiger partial charge is 0.417 e. The SMILES string of the molecule is CNCCN(C)C(=O)CCNc1ncc(C(F)(F)F)cc1Cl.Cl.Cl. The first kappa shape index (κ1) is 25.3. The number of hydrogen-bond donors (Lipinski definition) is 2. The van der Waals surface area contributed by atoms with Gasteiger partial charge < -0.3 is 15.5 Å². The van der Waals surface area contributed by atoms with Crippen molar-refractivity contribution in [3.05, 3.63) is 22.8 Å². The number of rotatable bonds is 7. The normalized spacial score (nSPS) is 10.4. The van der Waals surface area contributed by atoms with Crippen molar-refractivity contribution in [2.75, 3.05) is 39.0 Å². The van der Waals surface area contributed by atoms with Crippen LogP contribution < -0.4 is 10.6 Å². The van der Waals surface area contributed by atoms with E-state index in [4.69, 9.17) is 11.6 Å². The van der Waals surface area contributed by atoms with E-state index >= 15 is 0 Å². The minimum absolute atomic E-state index is 0. The fourth-order valence-corrected chi connectivity index (χ4v) is 1.84. The number of hydrogen-bond acceptors (Lipinski definition) is 4. The molecule has 1 amide bonds. The second-order valence-electron chi connectivity index (χ2n) is 4.65. The van der Waals surface area contributed by atoms with Gasteiger partial charge in [-0.2, -0.15) is 13.2 Å². The minimum Gasteiger partial charge on any atom is -0.368 e. The van der Waals surface area contributed by atoms with Crippen LogP contribution in [0.2, 0.25) is 5.02 Å². The van der Waals surface area contributed by atoms with E-state index in [2.05, 4.69) is 15.6 Å². The van der Waals surface area contributed by atoms with Crippen LogP contribution in [0, 0.1) is 0 Å². The highest BCUT2D eigenvalue weighted by molar-refractivity contribution is 6.32. The van der Waals surface area contributed by atoms with Crippen LogP contribution in [-0.4, -0.2) is 49.5 Å². The number of amides is 1. The topological polar surface area (TPSA) is 57.3 Å². The molecule has 0 unspecified atom stereocenters. The smallest absolute Gasteiger partial charge is 0.368 e. The summed E-state index contributed by atoms with van der Waals surface area (Å²) in [4.78, 5) is 17.0. The number of carbonyl (C=O) groups excluding carboxylic acids is 1. The summed E-state index contributed by atoms with van der Waals surface area (Å²) >= 11 is 5.75. The Labute approximate surface area is 156 Å². The summed E-state index contributed by atoms with van der Waals surface area (Å²) < 4.78 is 37.4. The number of likely N-dealkylation sites (N-methyl/N-ethyl adjacent to an activating group) is 2. The number of alkyl halides is 3. The first-order chi connectivity index (χ1) is 10.3. The number of aromatic nitrogens is 1. The number of anilines is 1. The third-order valence-electron chi connectivity index (χ3n) is 2.92. The van der Waals surface area contributed by atoms with E-state index in [0.29, 0.717) is 19.3 Å². The van der Waals surface area contributed by atoms with Gasteiger partial charge in [0.2, 0.25) is 5.91 Å². The molecule has 0 saturated carbocycles. The fourth-order valence-electron chi connectivity index (χ4n) is 1.61. The molecule has 0 atom stereocenters. The number of pyridine rings is 1. The first-order valence-electron chi connectivity index (χ1n) is 6.61. The molecular formula is C13H20Cl3F3N4O. The highest BCUT2D eigenvalue weighted by Crippen LogP contribution is 2.32. The van der Waals surface area contributed by atoms with Gasteiger partial charge in [-0.1, -0.05) is 11.6 Å².